The Labute approximate surface area is 110 Å². The molecule has 2 N–H and O–H groups in total. The fourth-order valence-electron chi connectivity index (χ4n) is 2.31. The third-order valence-corrected chi connectivity index (χ3v) is 3.22. The molecule has 0 aliphatic heterocycles. The first-order chi connectivity index (χ1) is 9.18. The van der Waals surface area contributed by atoms with Crippen LogP contribution < -0.4 is 5.73 Å². The number of amides is 1. The summed E-state index contributed by atoms with van der Waals surface area (Å²) >= 11 is 0. The van der Waals surface area contributed by atoms with Gasteiger partial charge in [0.15, 0.2) is 0 Å². The molecule has 3 heterocycles. The lowest BCUT2D eigenvalue weighted by Gasteiger charge is -2.05. The predicted octanol–water partition coefficient (Wildman–Crippen LogP) is 2.41. The van der Waals surface area contributed by atoms with Gasteiger partial charge >= 0.3 is 0 Å². The number of primary amides is 1. The van der Waals surface area contributed by atoms with Crippen LogP contribution in [-0.2, 0) is 0 Å². The molecule has 4 nitrogen and oxygen atoms in total. The van der Waals surface area contributed by atoms with E-state index in [1.807, 2.05) is 53.9 Å². The zero-order valence-electron chi connectivity index (χ0n) is 10.5. The number of aromatic nitrogens is 2. The molecule has 0 unspecified atom stereocenters. The van der Waals surface area contributed by atoms with E-state index < -0.39 is 5.91 Å². The molecule has 19 heavy (non-hydrogen) atoms. The van der Waals surface area contributed by atoms with Gasteiger partial charge in [-0.2, -0.15) is 0 Å². The SMILES string of the molecule is Cc1ncccc1-c1cc(C(N)=O)c2ccccn12. The van der Waals surface area contributed by atoms with Crippen molar-refractivity contribution in [2.45, 2.75) is 6.92 Å². The number of hydrogen-bond donors (Lipinski definition) is 1. The molecule has 4 heteroatoms. The molecule has 1 amide bonds. The van der Waals surface area contributed by atoms with E-state index in [1.165, 1.54) is 0 Å². The zero-order chi connectivity index (χ0) is 13.4. The van der Waals surface area contributed by atoms with Crippen LogP contribution in [0.15, 0.2) is 48.8 Å². The lowest BCUT2D eigenvalue weighted by molar-refractivity contribution is 0.100. The topological polar surface area (TPSA) is 60.4 Å². The van der Waals surface area contributed by atoms with Gasteiger partial charge in [0, 0.05) is 23.7 Å². The van der Waals surface area contributed by atoms with Crippen molar-refractivity contribution in [3.05, 3.63) is 60.0 Å². The van der Waals surface area contributed by atoms with Crippen LogP contribution >= 0.6 is 0 Å². The Morgan fingerprint density at radius 2 is 2.11 bits per heavy atom. The first-order valence-electron chi connectivity index (χ1n) is 6.00. The highest BCUT2D eigenvalue weighted by Gasteiger charge is 2.14. The first-order valence-corrected chi connectivity index (χ1v) is 6.00. The summed E-state index contributed by atoms with van der Waals surface area (Å²) in [5.74, 6) is -0.420. The van der Waals surface area contributed by atoms with E-state index >= 15 is 0 Å². The molecule has 0 aliphatic carbocycles. The molecule has 94 valence electrons. The minimum Gasteiger partial charge on any atom is -0.366 e. The van der Waals surface area contributed by atoms with Crippen LogP contribution in [0.1, 0.15) is 16.1 Å². The highest BCUT2D eigenvalue weighted by Crippen LogP contribution is 2.27. The normalized spacial score (nSPS) is 10.8. The summed E-state index contributed by atoms with van der Waals surface area (Å²) in [6, 6.07) is 11.4. The molecule has 0 spiro atoms. The van der Waals surface area contributed by atoms with Gasteiger partial charge in [0.05, 0.1) is 16.8 Å². The number of hydrogen-bond acceptors (Lipinski definition) is 2. The van der Waals surface area contributed by atoms with Crippen molar-refractivity contribution in [3.63, 3.8) is 0 Å². The second-order valence-corrected chi connectivity index (χ2v) is 4.40. The third-order valence-electron chi connectivity index (χ3n) is 3.22. The summed E-state index contributed by atoms with van der Waals surface area (Å²) in [6.07, 6.45) is 3.67. The lowest BCUT2D eigenvalue weighted by atomic mass is 10.1. The van der Waals surface area contributed by atoms with Gasteiger partial charge in [-0.1, -0.05) is 6.07 Å². The van der Waals surface area contributed by atoms with Gasteiger partial charge in [-0.15, -0.1) is 0 Å². The van der Waals surface area contributed by atoms with Gasteiger partial charge in [0.2, 0.25) is 0 Å². The summed E-state index contributed by atoms with van der Waals surface area (Å²) in [5, 5.41) is 0. The van der Waals surface area contributed by atoms with Crippen molar-refractivity contribution in [3.8, 4) is 11.3 Å². The molecule has 0 fully saturated rings. The lowest BCUT2D eigenvalue weighted by Crippen LogP contribution is -2.10. The third kappa shape index (κ3) is 1.78. The number of rotatable bonds is 2. The Balaban J connectivity index is 2.37. The van der Waals surface area contributed by atoms with Gasteiger partial charge in [0.1, 0.15) is 0 Å². The zero-order valence-corrected chi connectivity index (χ0v) is 10.5. The summed E-state index contributed by atoms with van der Waals surface area (Å²) in [5.41, 5.74) is 9.62. The summed E-state index contributed by atoms with van der Waals surface area (Å²) in [7, 11) is 0. The molecule has 0 aliphatic rings. The van der Waals surface area contributed by atoms with Crippen LogP contribution in [-0.4, -0.2) is 15.3 Å². The molecule has 0 saturated heterocycles. The maximum atomic E-state index is 11.5. The monoisotopic (exact) mass is 251 g/mol. The number of pyridine rings is 2. The maximum Gasteiger partial charge on any atom is 0.250 e. The smallest absolute Gasteiger partial charge is 0.250 e. The van der Waals surface area contributed by atoms with Crippen molar-refractivity contribution in [1.29, 1.82) is 0 Å². The molecule has 3 rings (SSSR count). The van der Waals surface area contributed by atoms with E-state index in [-0.39, 0.29) is 0 Å². The average Bonchev–Trinajstić information content (AvgIpc) is 2.79. The fourth-order valence-corrected chi connectivity index (χ4v) is 2.31. The largest absolute Gasteiger partial charge is 0.366 e. The quantitative estimate of drug-likeness (QED) is 0.760. The predicted molar refractivity (Wildman–Crippen MR) is 73.9 cm³/mol. The van der Waals surface area contributed by atoms with E-state index in [1.54, 1.807) is 6.20 Å². The first kappa shape index (κ1) is 11.5. The molecular weight excluding hydrogens is 238 g/mol. The van der Waals surface area contributed by atoms with Gasteiger partial charge in [-0.05, 0) is 37.3 Å². The minimum absolute atomic E-state index is 0.420. The number of carbonyl (C=O) groups is 1. The van der Waals surface area contributed by atoms with Gasteiger partial charge in [0.25, 0.3) is 5.91 Å². The Bertz CT molecular complexity index is 774. The van der Waals surface area contributed by atoms with Crippen LogP contribution in [0.3, 0.4) is 0 Å². The van der Waals surface area contributed by atoms with E-state index in [0.717, 1.165) is 22.5 Å². The van der Waals surface area contributed by atoms with Crippen LogP contribution in [0.25, 0.3) is 16.8 Å². The van der Waals surface area contributed by atoms with Crippen molar-refractivity contribution in [1.82, 2.24) is 9.38 Å². The number of nitrogens with two attached hydrogens (primary N) is 1. The van der Waals surface area contributed by atoms with Crippen LogP contribution in [0.5, 0.6) is 0 Å². The van der Waals surface area contributed by atoms with Gasteiger partial charge in [-0.25, -0.2) is 0 Å². The van der Waals surface area contributed by atoms with Crippen LogP contribution in [0.2, 0.25) is 0 Å². The molecular formula is C15H13N3O. The van der Waals surface area contributed by atoms with E-state index in [0.29, 0.717) is 5.56 Å². The summed E-state index contributed by atoms with van der Waals surface area (Å²) in [6.45, 7) is 1.95. The number of carbonyl (C=O) groups excluding carboxylic acids is 1. The molecule has 0 aromatic carbocycles. The Morgan fingerprint density at radius 1 is 1.26 bits per heavy atom. The molecule has 0 bridgehead atoms. The van der Waals surface area contributed by atoms with Crippen molar-refractivity contribution >= 4 is 11.4 Å². The Hall–Kier alpha value is -2.62. The molecule has 0 saturated carbocycles. The van der Waals surface area contributed by atoms with E-state index in [2.05, 4.69) is 4.98 Å². The van der Waals surface area contributed by atoms with Crippen molar-refractivity contribution in [2.75, 3.05) is 0 Å². The number of nitrogens with zero attached hydrogens (tertiary/aromatic N) is 2. The Morgan fingerprint density at radius 3 is 2.84 bits per heavy atom. The number of aryl methyl sites for hydroxylation is 1. The van der Waals surface area contributed by atoms with Gasteiger partial charge in [-0.3, -0.25) is 9.78 Å². The summed E-state index contributed by atoms with van der Waals surface area (Å²) in [4.78, 5) is 15.8. The fraction of sp³-hybridized carbons (Fsp3) is 0.0667. The molecule has 3 aromatic rings. The van der Waals surface area contributed by atoms with Crippen molar-refractivity contribution in [2.24, 2.45) is 5.73 Å². The minimum atomic E-state index is -0.420. The second-order valence-electron chi connectivity index (χ2n) is 4.40. The maximum absolute atomic E-state index is 11.5. The van der Waals surface area contributed by atoms with E-state index in [9.17, 15) is 4.79 Å². The highest BCUT2D eigenvalue weighted by molar-refractivity contribution is 6.01. The number of fused-ring (bicyclic) bond motifs is 1. The van der Waals surface area contributed by atoms with Gasteiger partial charge < -0.3 is 10.1 Å². The summed E-state index contributed by atoms with van der Waals surface area (Å²) < 4.78 is 1.96. The second kappa shape index (κ2) is 4.24. The van der Waals surface area contributed by atoms with Crippen LogP contribution in [0, 0.1) is 6.92 Å². The van der Waals surface area contributed by atoms with E-state index in [4.69, 9.17) is 5.73 Å². The highest BCUT2D eigenvalue weighted by atomic mass is 16.1. The molecule has 0 radical (unpaired) electrons. The Kier molecular flexibility index (Phi) is 2.56. The van der Waals surface area contributed by atoms with Crippen LogP contribution in [0.4, 0.5) is 0 Å². The van der Waals surface area contributed by atoms with Crippen molar-refractivity contribution < 1.29 is 4.79 Å². The molecule has 3 aromatic heterocycles. The standard InChI is InChI=1S/C15H13N3O/c1-10-11(5-4-7-17-10)14-9-12(15(16)19)13-6-2-3-8-18(13)14/h2-9H,1H3,(H2,16,19). The average molecular weight is 251 g/mol. The molecule has 0 atom stereocenters.